The fraction of sp³-hybridized carbons (Fsp3) is 0.0556. The summed E-state index contributed by atoms with van der Waals surface area (Å²) >= 11 is 0. The average Bonchev–Trinajstić information content (AvgIpc) is 2.53. The number of amides is 1. The number of phenolic OH excluding ortho intramolecular Hbond substituents is 1. The first-order valence-electron chi connectivity index (χ1n) is 6.78. The number of rotatable bonds is 3. The van der Waals surface area contributed by atoms with Crippen molar-refractivity contribution < 1.29 is 9.90 Å². The third-order valence-electron chi connectivity index (χ3n) is 3.40. The van der Waals surface area contributed by atoms with Crippen LogP contribution < -0.4 is 5.32 Å². The summed E-state index contributed by atoms with van der Waals surface area (Å²) in [6, 6.07) is 20.6. The van der Waals surface area contributed by atoms with Gasteiger partial charge in [0.1, 0.15) is 5.75 Å². The molecule has 0 spiro atoms. The molecule has 21 heavy (non-hydrogen) atoms. The molecule has 0 bridgehead atoms. The molecule has 0 aliphatic rings. The van der Waals surface area contributed by atoms with E-state index in [4.69, 9.17) is 0 Å². The van der Waals surface area contributed by atoms with E-state index in [1.807, 2.05) is 54.6 Å². The number of aromatic hydroxyl groups is 1. The van der Waals surface area contributed by atoms with Gasteiger partial charge in [-0.25, -0.2) is 0 Å². The molecule has 3 aromatic carbocycles. The number of carbonyl (C=O) groups is 1. The molecule has 104 valence electrons. The molecule has 3 rings (SSSR count). The van der Waals surface area contributed by atoms with Gasteiger partial charge in [0.15, 0.2) is 0 Å². The van der Waals surface area contributed by atoms with E-state index in [1.54, 1.807) is 12.1 Å². The Bertz CT molecular complexity index is 782. The molecular formula is C18H15NO2. The van der Waals surface area contributed by atoms with Gasteiger partial charge in [-0.05, 0) is 28.5 Å². The number of hydrogen-bond acceptors (Lipinski definition) is 2. The van der Waals surface area contributed by atoms with Crippen LogP contribution in [-0.4, -0.2) is 11.0 Å². The van der Waals surface area contributed by atoms with Gasteiger partial charge in [-0.3, -0.25) is 4.79 Å². The van der Waals surface area contributed by atoms with Gasteiger partial charge in [0.25, 0.3) is 5.91 Å². The molecule has 2 N–H and O–H groups in total. The predicted octanol–water partition coefficient (Wildman–Crippen LogP) is 3.48. The van der Waals surface area contributed by atoms with E-state index in [9.17, 15) is 9.90 Å². The van der Waals surface area contributed by atoms with Crippen LogP contribution in [0.15, 0.2) is 66.7 Å². The lowest BCUT2D eigenvalue weighted by molar-refractivity contribution is 0.0948. The van der Waals surface area contributed by atoms with Gasteiger partial charge >= 0.3 is 0 Å². The monoisotopic (exact) mass is 277 g/mol. The highest BCUT2D eigenvalue weighted by Crippen LogP contribution is 2.24. The summed E-state index contributed by atoms with van der Waals surface area (Å²) in [4.78, 5) is 12.2. The third kappa shape index (κ3) is 2.87. The van der Waals surface area contributed by atoms with E-state index in [1.165, 1.54) is 0 Å². The third-order valence-corrected chi connectivity index (χ3v) is 3.40. The molecule has 0 unspecified atom stereocenters. The second kappa shape index (κ2) is 5.67. The Balaban J connectivity index is 1.82. The fourth-order valence-electron chi connectivity index (χ4n) is 2.28. The van der Waals surface area contributed by atoms with E-state index >= 15 is 0 Å². The van der Waals surface area contributed by atoms with E-state index in [0.717, 1.165) is 16.3 Å². The lowest BCUT2D eigenvalue weighted by atomic mass is 10.1. The Labute approximate surface area is 122 Å². The van der Waals surface area contributed by atoms with Gasteiger partial charge in [0.2, 0.25) is 0 Å². The molecule has 0 saturated heterocycles. The smallest absolute Gasteiger partial charge is 0.255 e. The molecule has 3 aromatic rings. The normalized spacial score (nSPS) is 10.5. The Morgan fingerprint density at radius 2 is 1.52 bits per heavy atom. The van der Waals surface area contributed by atoms with Crippen LogP contribution in [0, 0.1) is 0 Å². The Morgan fingerprint density at radius 1 is 0.905 bits per heavy atom. The van der Waals surface area contributed by atoms with Crippen LogP contribution in [0.1, 0.15) is 15.9 Å². The van der Waals surface area contributed by atoms with Crippen molar-refractivity contribution in [1.82, 2.24) is 5.32 Å². The van der Waals surface area contributed by atoms with E-state index in [2.05, 4.69) is 5.32 Å². The molecule has 0 fully saturated rings. The van der Waals surface area contributed by atoms with Gasteiger partial charge < -0.3 is 10.4 Å². The van der Waals surface area contributed by atoms with Gasteiger partial charge in [-0.15, -0.1) is 0 Å². The van der Waals surface area contributed by atoms with E-state index < -0.39 is 0 Å². The molecule has 0 saturated carbocycles. The summed E-state index contributed by atoms with van der Waals surface area (Å²) < 4.78 is 0. The molecule has 1 amide bonds. The Morgan fingerprint density at radius 3 is 2.24 bits per heavy atom. The van der Waals surface area contributed by atoms with Crippen LogP contribution >= 0.6 is 0 Å². The molecule has 0 aliphatic heterocycles. The van der Waals surface area contributed by atoms with Crippen LogP contribution in [0.3, 0.4) is 0 Å². The van der Waals surface area contributed by atoms with Crippen molar-refractivity contribution in [2.24, 2.45) is 0 Å². The molecule has 0 aliphatic carbocycles. The minimum Gasteiger partial charge on any atom is -0.507 e. The lowest BCUT2D eigenvalue weighted by Crippen LogP contribution is -2.22. The molecule has 0 aromatic heterocycles. The summed E-state index contributed by atoms with van der Waals surface area (Å²) in [6.45, 7) is 0.436. The number of nitrogens with one attached hydrogen (secondary N) is 1. The molecular weight excluding hydrogens is 262 g/mol. The molecule has 0 radical (unpaired) electrons. The van der Waals surface area contributed by atoms with E-state index in [-0.39, 0.29) is 11.7 Å². The van der Waals surface area contributed by atoms with Crippen LogP contribution in [0.2, 0.25) is 0 Å². The molecule has 0 heterocycles. The minimum absolute atomic E-state index is 0.000684. The zero-order chi connectivity index (χ0) is 14.7. The van der Waals surface area contributed by atoms with Crippen molar-refractivity contribution in [1.29, 1.82) is 0 Å². The number of phenols is 1. The first-order chi connectivity index (χ1) is 10.2. The van der Waals surface area contributed by atoms with Crippen molar-refractivity contribution in [3.05, 3.63) is 77.9 Å². The van der Waals surface area contributed by atoms with Gasteiger partial charge in [0.05, 0.1) is 5.56 Å². The summed E-state index contributed by atoms with van der Waals surface area (Å²) in [5, 5.41) is 14.7. The van der Waals surface area contributed by atoms with Crippen molar-refractivity contribution in [3.63, 3.8) is 0 Å². The predicted molar refractivity (Wildman–Crippen MR) is 83.2 cm³/mol. The van der Waals surface area contributed by atoms with Gasteiger partial charge in [0, 0.05) is 6.54 Å². The maximum Gasteiger partial charge on any atom is 0.255 e. The van der Waals surface area contributed by atoms with Crippen LogP contribution in [-0.2, 0) is 6.54 Å². The summed E-state index contributed by atoms with van der Waals surface area (Å²) in [6.07, 6.45) is 0. The Hall–Kier alpha value is -2.81. The quantitative estimate of drug-likeness (QED) is 0.770. The second-order valence-corrected chi connectivity index (χ2v) is 4.88. The summed E-state index contributed by atoms with van der Waals surface area (Å²) in [7, 11) is 0. The summed E-state index contributed by atoms with van der Waals surface area (Å²) in [5.41, 5.74) is 1.32. The number of hydrogen-bond donors (Lipinski definition) is 2. The SMILES string of the molecule is O=C(NCc1ccccc1)c1cc2ccccc2cc1O. The standard InChI is InChI=1S/C18H15NO2/c20-17-11-15-9-5-4-8-14(15)10-16(17)18(21)19-12-13-6-2-1-3-7-13/h1-11,20H,12H2,(H,19,21). The first kappa shape index (κ1) is 13.2. The zero-order valence-corrected chi connectivity index (χ0v) is 11.4. The number of benzene rings is 3. The molecule has 0 atom stereocenters. The van der Waals surface area contributed by atoms with Gasteiger partial charge in [-0.2, -0.15) is 0 Å². The number of carbonyl (C=O) groups excluding carboxylic acids is 1. The fourth-order valence-corrected chi connectivity index (χ4v) is 2.28. The number of fused-ring (bicyclic) bond motifs is 1. The average molecular weight is 277 g/mol. The minimum atomic E-state index is -0.276. The highest BCUT2D eigenvalue weighted by molar-refractivity contribution is 6.01. The maximum atomic E-state index is 12.2. The van der Waals surface area contributed by atoms with Crippen molar-refractivity contribution in [2.75, 3.05) is 0 Å². The molecule has 3 heteroatoms. The molecule has 3 nitrogen and oxygen atoms in total. The maximum absolute atomic E-state index is 12.2. The van der Waals surface area contributed by atoms with Crippen molar-refractivity contribution in [2.45, 2.75) is 6.54 Å². The van der Waals surface area contributed by atoms with Crippen molar-refractivity contribution in [3.8, 4) is 5.75 Å². The Kier molecular flexibility index (Phi) is 3.56. The first-order valence-corrected chi connectivity index (χ1v) is 6.78. The van der Waals surface area contributed by atoms with Crippen LogP contribution in [0.5, 0.6) is 5.75 Å². The van der Waals surface area contributed by atoms with Crippen LogP contribution in [0.25, 0.3) is 10.8 Å². The lowest BCUT2D eigenvalue weighted by Gasteiger charge is -2.08. The van der Waals surface area contributed by atoms with Crippen molar-refractivity contribution >= 4 is 16.7 Å². The highest BCUT2D eigenvalue weighted by atomic mass is 16.3. The van der Waals surface area contributed by atoms with Crippen LogP contribution in [0.4, 0.5) is 0 Å². The van der Waals surface area contributed by atoms with E-state index in [0.29, 0.717) is 12.1 Å². The zero-order valence-electron chi connectivity index (χ0n) is 11.4. The largest absolute Gasteiger partial charge is 0.507 e. The topological polar surface area (TPSA) is 49.3 Å². The van der Waals surface area contributed by atoms with Gasteiger partial charge in [-0.1, -0.05) is 54.6 Å². The highest BCUT2D eigenvalue weighted by Gasteiger charge is 2.12. The summed E-state index contributed by atoms with van der Waals surface area (Å²) in [5.74, 6) is -0.277. The second-order valence-electron chi connectivity index (χ2n) is 4.88.